The van der Waals surface area contributed by atoms with Crippen LogP contribution in [0.4, 0.5) is 10.7 Å². The van der Waals surface area contributed by atoms with Gasteiger partial charge in [-0.3, -0.25) is 14.7 Å². The third-order valence-electron chi connectivity index (χ3n) is 3.53. The highest BCUT2D eigenvalue weighted by Crippen LogP contribution is 2.13. The number of benzene rings is 2. The molecule has 0 bridgehead atoms. The Morgan fingerprint density at radius 3 is 2.58 bits per heavy atom. The fourth-order valence-corrected chi connectivity index (χ4v) is 2.43. The van der Waals surface area contributed by atoms with Crippen molar-refractivity contribution in [1.29, 1.82) is 0 Å². The summed E-state index contributed by atoms with van der Waals surface area (Å²) < 4.78 is 6.34. The molecule has 0 radical (unpaired) electrons. The highest BCUT2D eigenvalue weighted by molar-refractivity contribution is 5.85. The molecule has 3 aromatic rings. The van der Waals surface area contributed by atoms with Crippen LogP contribution in [0.15, 0.2) is 59.4 Å². The van der Waals surface area contributed by atoms with Crippen LogP contribution in [0.3, 0.4) is 0 Å². The number of para-hydroxylation sites is 1. The number of carbonyl (C=O) groups excluding carboxylic acids is 1. The quantitative estimate of drug-likeness (QED) is 0.801. The standard InChI is InChI=1S/C18H17N3O3/c1-2-24-18(23)20-17-19-15-11-7-6-10-14(15)16(22)21(17)12-13-8-4-3-5-9-13/h3-11H,2,12H2,1H3,(H,19,20,23). The first-order valence-electron chi connectivity index (χ1n) is 7.66. The number of aromatic nitrogens is 2. The molecule has 122 valence electrons. The first kappa shape index (κ1) is 15.7. The second-order valence-electron chi connectivity index (χ2n) is 5.17. The second kappa shape index (κ2) is 6.95. The zero-order chi connectivity index (χ0) is 16.9. The molecule has 24 heavy (non-hydrogen) atoms. The zero-order valence-corrected chi connectivity index (χ0v) is 13.2. The van der Waals surface area contributed by atoms with Gasteiger partial charge in [-0.05, 0) is 24.6 Å². The van der Waals surface area contributed by atoms with E-state index in [4.69, 9.17) is 4.74 Å². The lowest BCUT2D eigenvalue weighted by Crippen LogP contribution is -2.28. The maximum absolute atomic E-state index is 12.8. The summed E-state index contributed by atoms with van der Waals surface area (Å²) in [6, 6.07) is 16.6. The molecule has 0 saturated heterocycles. The van der Waals surface area contributed by atoms with Crippen molar-refractivity contribution in [2.75, 3.05) is 11.9 Å². The van der Waals surface area contributed by atoms with E-state index in [1.165, 1.54) is 4.57 Å². The van der Waals surface area contributed by atoms with Crippen molar-refractivity contribution in [3.05, 3.63) is 70.5 Å². The van der Waals surface area contributed by atoms with E-state index in [0.29, 0.717) is 17.4 Å². The Bertz CT molecular complexity index is 920. The molecule has 1 N–H and O–H groups in total. The molecular formula is C18H17N3O3. The smallest absolute Gasteiger partial charge is 0.413 e. The molecule has 0 aliphatic carbocycles. The Morgan fingerprint density at radius 1 is 1.12 bits per heavy atom. The van der Waals surface area contributed by atoms with Gasteiger partial charge in [-0.25, -0.2) is 9.78 Å². The van der Waals surface area contributed by atoms with Crippen LogP contribution in [0.1, 0.15) is 12.5 Å². The van der Waals surface area contributed by atoms with Crippen LogP contribution in [0.5, 0.6) is 0 Å². The molecule has 2 aromatic carbocycles. The largest absolute Gasteiger partial charge is 0.450 e. The van der Waals surface area contributed by atoms with Crippen molar-refractivity contribution in [2.45, 2.75) is 13.5 Å². The third-order valence-corrected chi connectivity index (χ3v) is 3.53. The lowest BCUT2D eigenvalue weighted by molar-refractivity contribution is 0.167. The van der Waals surface area contributed by atoms with Crippen LogP contribution < -0.4 is 10.9 Å². The Kier molecular flexibility index (Phi) is 4.56. The Hall–Kier alpha value is -3.15. The Morgan fingerprint density at radius 2 is 1.83 bits per heavy atom. The summed E-state index contributed by atoms with van der Waals surface area (Å²) in [5, 5.41) is 3.06. The van der Waals surface area contributed by atoms with Crippen molar-refractivity contribution in [3.63, 3.8) is 0 Å². The van der Waals surface area contributed by atoms with Gasteiger partial charge in [-0.1, -0.05) is 42.5 Å². The van der Waals surface area contributed by atoms with Crippen LogP contribution in [-0.2, 0) is 11.3 Å². The van der Waals surface area contributed by atoms with Gasteiger partial charge in [-0.2, -0.15) is 0 Å². The lowest BCUT2D eigenvalue weighted by atomic mass is 10.2. The van der Waals surface area contributed by atoms with Gasteiger partial charge < -0.3 is 4.74 Å². The number of nitrogens with one attached hydrogen (secondary N) is 1. The molecule has 0 aliphatic rings. The van der Waals surface area contributed by atoms with Crippen molar-refractivity contribution in [3.8, 4) is 0 Å². The monoisotopic (exact) mass is 323 g/mol. The fraction of sp³-hybridized carbons (Fsp3) is 0.167. The number of anilines is 1. The molecule has 0 saturated carbocycles. The maximum Gasteiger partial charge on any atom is 0.413 e. The van der Waals surface area contributed by atoms with Gasteiger partial charge in [0.2, 0.25) is 5.95 Å². The number of ether oxygens (including phenoxy) is 1. The zero-order valence-electron chi connectivity index (χ0n) is 13.2. The van der Waals surface area contributed by atoms with Gasteiger partial charge in [0.05, 0.1) is 24.1 Å². The number of nitrogens with zero attached hydrogens (tertiary/aromatic N) is 2. The molecule has 0 unspecified atom stereocenters. The first-order chi connectivity index (χ1) is 11.7. The predicted molar refractivity (Wildman–Crippen MR) is 92.2 cm³/mol. The summed E-state index contributed by atoms with van der Waals surface area (Å²) in [4.78, 5) is 29.0. The summed E-state index contributed by atoms with van der Waals surface area (Å²) in [6.07, 6.45) is -0.638. The average molecular weight is 323 g/mol. The van der Waals surface area contributed by atoms with Gasteiger partial charge in [0.15, 0.2) is 0 Å². The highest BCUT2D eigenvalue weighted by Gasteiger charge is 2.14. The SMILES string of the molecule is CCOC(=O)Nc1nc2ccccc2c(=O)n1Cc1ccccc1. The molecule has 6 heteroatoms. The van der Waals surface area contributed by atoms with Gasteiger partial charge >= 0.3 is 6.09 Å². The van der Waals surface area contributed by atoms with E-state index in [2.05, 4.69) is 10.3 Å². The summed E-state index contributed by atoms with van der Waals surface area (Å²) in [7, 11) is 0. The second-order valence-corrected chi connectivity index (χ2v) is 5.17. The highest BCUT2D eigenvalue weighted by atomic mass is 16.5. The van der Waals surface area contributed by atoms with Gasteiger partial charge in [0.25, 0.3) is 5.56 Å². The number of carbonyl (C=O) groups is 1. The van der Waals surface area contributed by atoms with Crippen molar-refractivity contribution in [2.24, 2.45) is 0 Å². The number of hydrogen-bond acceptors (Lipinski definition) is 4. The minimum Gasteiger partial charge on any atom is -0.450 e. The molecule has 0 aliphatic heterocycles. The van der Waals surface area contributed by atoms with E-state index in [1.807, 2.05) is 30.3 Å². The molecule has 3 rings (SSSR count). The summed E-state index contributed by atoms with van der Waals surface area (Å²) in [5.41, 5.74) is 1.25. The topological polar surface area (TPSA) is 73.2 Å². The van der Waals surface area contributed by atoms with Gasteiger partial charge in [0.1, 0.15) is 0 Å². The molecule has 0 fully saturated rings. The molecule has 6 nitrogen and oxygen atoms in total. The van der Waals surface area contributed by atoms with Crippen molar-refractivity contribution in [1.82, 2.24) is 9.55 Å². The first-order valence-corrected chi connectivity index (χ1v) is 7.66. The molecule has 1 heterocycles. The fourth-order valence-electron chi connectivity index (χ4n) is 2.43. The van der Waals surface area contributed by atoms with Crippen LogP contribution in [0, 0.1) is 0 Å². The van der Waals surface area contributed by atoms with E-state index in [0.717, 1.165) is 5.56 Å². The third kappa shape index (κ3) is 3.27. The Balaban J connectivity index is 2.10. The normalized spacial score (nSPS) is 10.5. The number of amides is 1. The minimum absolute atomic E-state index is 0.168. The van der Waals surface area contributed by atoms with E-state index >= 15 is 0 Å². The molecule has 1 aromatic heterocycles. The van der Waals surface area contributed by atoms with Crippen molar-refractivity contribution < 1.29 is 9.53 Å². The van der Waals surface area contributed by atoms with Crippen LogP contribution in [0.2, 0.25) is 0 Å². The van der Waals surface area contributed by atoms with Crippen LogP contribution in [-0.4, -0.2) is 22.3 Å². The maximum atomic E-state index is 12.8. The van der Waals surface area contributed by atoms with E-state index in [9.17, 15) is 9.59 Å². The minimum atomic E-state index is -0.638. The number of hydrogen-bond donors (Lipinski definition) is 1. The molecule has 1 amide bonds. The van der Waals surface area contributed by atoms with E-state index < -0.39 is 6.09 Å². The predicted octanol–water partition coefficient (Wildman–Crippen LogP) is 3.01. The van der Waals surface area contributed by atoms with Gasteiger partial charge in [0, 0.05) is 0 Å². The molecular weight excluding hydrogens is 306 g/mol. The van der Waals surface area contributed by atoms with E-state index in [-0.39, 0.29) is 18.1 Å². The van der Waals surface area contributed by atoms with Crippen LogP contribution in [0.25, 0.3) is 10.9 Å². The molecule has 0 atom stereocenters. The average Bonchev–Trinajstić information content (AvgIpc) is 2.59. The number of fused-ring (bicyclic) bond motifs is 1. The Labute approximate surface area is 138 Å². The number of rotatable bonds is 4. The molecule has 0 spiro atoms. The van der Waals surface area contributed by atoms with Crippen molar-refractivity contribution >= 4 is 22.9 Å². The van der Waals surface area contributed by atoms with E-state index in [1.54, 1.807) is 31.2 Å². The summed E-state index contributed by atoms with van der Waals surface area (Å²) in [5.74, 6) is 0.168. The van der Waals surface area contributed by atoms with Gasteiger partial charge in [-0.15, -0.1) is 0 Å². The lowest BCUT2D eigenvalue weighted by Gasteiger charge is -2.14. The van der Waals surface area contributed by atoms with Crippen LogP contribution >= 0.6 is 0 Å². The summed E-state index contributed by atoms with van der Waals surface area (Å²) >= 11 is 0. The summed E-state index contributed by atoms with van der Waals surface area (Å²) in [6.45, 7) is 2.26.